The maximum Gasteiger partial charge on any atom is 0.429 e. The predicted octanol–water partition coefficient (Wildman–Crippen LogP) is 7.89. The van der Waals surface area contributed by atoms with E-state index >= 15 is 13.2 Å². The molecule has 0 aromatic heterocycles. The topological polar surface area (TPSA) is 27.7 Å². The molecular formula is C25H17F9O3. The van der Waals surface area contributed by atoms with Crippen molar-refractivity contribution in [3.63, 3.8) is 0 Å². The van der Waals surface area contributed by atoms with E-state index in [1.807, 2.05) is 0 Å². The number of alkyl halides is 6. The fraction of sp³-hybridized carbons (Fsp3) is 0.280. The van der Waals surface area contributed by atoms with Crippen LogP contribution in [0, 0.1) is 17.5 Å². The molecule has 1 aliphatic carbocycles. The van der Waals surface area contributed by atoms with Gasteiger partial charge in [0.1, 0.15) is 17.1 Å². The number of hydrogen-bond acceptors (Lipinski definition) is 3. The lowest BCUT2D eigenvalue weighted by Crippen LogP contribution is -2.41. The van der Waals surface area contributed by atoms with E-state index in [9.17, 15) is 26.3 Å². The molecule has 4 rings (SSSR count). The Balaban J connectivity index is 1.85. The molecule has 0 fully saturated rings. The van der Waals surface area contributed by atoms with Gasteiger partial charge in [0.2, 0.25) is 0 Å². The van der Waals surface area contributed by atoms with Gasteiger partial charge in [-0.15, -0.1) is 0 Å². The molecule has 12 heteroatoms. The molecule has 3 aromatic carbocycles. The Labute approximate surface area is 204 Å². The van der Waals surface area contributed by atoms with Crippen molar-refractivity contribution in [1.82, 2.24) is 0 Å². The quantitative estimate of drug-likeness (QED) is 0.288. The summed E-state index contributed by atoms with van der Waals surface area (Å²) in [5, 5.41) is 0. The molecule has 0 atom stereocenters. The molecule has 0 heterocycles. The van der Waals surface area contributed by atoms with Crippen molar-refractivity contribution < 1.29 is 53.7 Å². The van der Waals surface area contributed by atoms with E-state index in [4.69, 9.17) is 9.47 Å². The van der Waals surface area contributed by atoms with Crippen molar-refractivity contribution in [2.45, 2.75) is 31.8 Å². The van der Waals surface area contributed by atoms with Crippen LogP contribution in [0.2, 0.25) is 0 Å². The first-order chi connectivity index (χ1) is 17.3. The van der Waals surface area contributed by atoms with Crippen LogP contribution >= 0.6 is 0 Å². The van der Waals surface area contributed by atoms with Gasteiger partial charge in [0.15, 0.2) is 23.1 Å². The zero-order valence-electron chi connectivity index (χ0n) is 19.1. The fourth-order valence-electron chi connectivity index (χ4n) is 4.02. The van der Waals surface area contributed by atoms with Crippen LogP contribution < -0.4 is 14.2 Å². The van der Waals surface area contributed by atoms with Crippen molar-refractivity contribution >= 4 is 0 Å². The summed E-state index contributed by atoms with van der Waals surface area (Å²) in [6.45, 7) is 2.95. The molecule has 0 saturated heterocycles. The van der Waals surface area contributed by atoms with Gasteiger partial charge < -0.3 is 14.2 Å². The van der Waals surface area contributed by atoms with Crippen LogP contribution in [0.15, 0.2) is 42.5 Å². The zero-order chi connectivity index (χ0) is 27.3. The van der Waals surface area contributed by atoms with Gasteiger partial charge in [0, 0.05) is 6.07 Å². The third-order valence-electron chi connectivity index (χ3n) is 5.63. The number of halogens is 9. The van der Waals surface area contributed by atoms with Crippen LogP contribution in [0.1, 0.15) is 30.5 Å². The minimum Gasteiger partial charge on any atom is -0.494 e. The van der Waals surface area contributed by atoms with Crippen LogP contribution in [0.3, 0.4) is 0 Å². The molecular weight excluding hydrogens is 519 g/mol. The summed E-state index contributed by atoms with van der Waals surface area (Å²) >= 11 is 0. The summed E-state index contributed by atoms with van der Waals surface area (Å²) in [6, 6.07) is 5.02. The number of hydrogen-bond donors (Lipinski definition) is 0. The lowest BCUT2D eigenvalue weighted by molar-refractivity contribution is -0.228. The fourth-order valence-corrected chi connectivity index (χ4v) is 4.02. The maximum absolute atomic E-state index is 15.2. The number of benzene rings is 3. The van der Waals surface area contributed by atoms with Gasteiger partial charge >= 0.3 is 18.0 Å². The van der Waals surface area contributed by atoms with Crippen LogP contribution in [-0.4, -0.2) is 13.2 Å². The van der Waals surface area contributed by atoms with Gasteiger partial charge in [-0.2, -0.15) is 26.3 Å². The van der Waals surface area contributed by atoms with Crippen molar-refractivity contribution in [2.75, 3.05) is 13.2 Å². The first-order valence-corrected chi connectivity index (χ1v) is 10.8. The normalized spacial score (nSPS) is 15.5. The monoisotopic (exact) mass is 536 g/mol. The summed E-state index contributed by atoms with van der Waals surface area (Å²) in [6.07, 6.45) is -4.78. The minimum absolute atomic E-state index is 0.0316. The summed E-state index contributed by atoms with van der Waals surface area (Å²) in [5.41, 5.74) is -7.47. The van der Waals surface area contributed by atoms with Gasteiger partial charge in [0.25, 0.3) is 0 Å². The molecule has 1 aliphatic rings. The Morgan fingerprint density at radius 3 is 1.81 bits per heavy atom. The van der Waals surface area contributed by atoms with Gasteiger partial charge in [-0.3, -0.25) is 0 Å². The minimum atomic E-state index is -5.46. The van der Waals surface area contributed by atoms with E-state index in [1.165, 1.54) is 6.92 Å². The molecule has 0 aliphatic heterocycles. The molecule has 37 heavy (non-hydrogen) atoms. The molecule has 0 spiro atoms. The highest BCUT2D eigenvalue weighted by Crippen LogP contribution is 2.60. The second kappa shape index (κ2) is 9.07. The lowest BCUT2D eigenvalue weighted by Gasteiger charge is -2.36. The summed E-state index contributed by atoms with van der Waals surface area (Å²) in [7, 11) is 0. The van der Waals surface area contributed by atoms with Gasteiger partial charge in [-0.25, -0.2) is 13.2 Å². The molecule has 0 bridgehead atoms. The first kappa shape index (κ1) is 26.5. The predicted molar refractivity (Wildman–Crippen MR) is 113 cm³/mol. The highest BCUT2D eigenvalue weighted by atomic mass is 19.3. The molecule has 0 amide bonds. The number of fused-ring (bicyclic) bond motifs is 3. The first-order valence-electron chi connectivity index (χ1n) is 10.8. The standard InChI is InChI=1S/C25H17F9O3/c1-3-35-12-5-9-17(16(26)11-12)37-25(33,34)15-8-6-13-14-7-10-18(36-4-2)22(28)20(14)24(31,32)23(29,30)19(13)21(15)27/h5-11H,3-4H2,1-2H3. The van der Waals surface area contributed by atoms with Crippen molar-refractivity contribution in [3.05, 3.63) is 76.6 Å². The van der Waals surface area contributed by atoms with Crippen LogP contribution in [-0.2, 0) is 18.0 Å². The van der Waals surface area contributed by atoms with Crippen molar-refractivity contribution in [1.29, 1.82) is 0 Å². The Morgan fingerprint density at radius 1 is 0.703 bits per heavy atom. The number of ether oxygens (including phenoxy) is 3. The molecule has 0 saturated carbocycles. The zero-order valence-corrected chi connectivity index (χ0v) is 19.1. The summed E-state index contributed by atoms with van der Waals surface area (Å²) in [5.74, 6) is -18.2. The second-order valence-corrected chi connectivity index (χ2v) is 7.88. The van der Waals surface area contributed by atoms with E-state index in [0.717, 1.165) is 24.3 Å². The number of rotatable bonds is 7. The van der Waals surface area contributed by atoms with Gasteiger partial charge in [-0.1, -0.05) is 6.07 Å². The summed E-state index contributed by atoms with van der Waals surface area (Å²) in [4.78, 5) is 0. The molecule has 3 aromatic rings. The maximum atomic E-state index is 15.2. The van der Waals surface area contributed by atoms with E-state index in [-0.39, 0.29) is 19.0 Å². The Morgan fingerprint density at radius 2 is 1.24 bits per heavy atom. The molecule has 3 nitrogen and oxygen atoms in total. The Hall–Kier alpha value is -3.57. The molecule has 0 radical (unpaired) electrons. The van der Waals surface area contributed by atoms with Crippen molar-refractivity contribution in [2.24, 2.45) is 0 Å². The largest absolute Gasteiger partial charge is 0.494 e. The smallest absolute Gasteiger partial charge is 0.429 e. The molecule has 0 N–H and O–H groups in total. The molecule has 198 valence electrons. The Kier molecular flexibility index (Phi) is 6.49. The van der Waals surface area contributed by atoms with E-state index in [2.05, 4.69) is 4.74 Å². The van der Waals surface area contributed by atoms with Crippen LogP contribution in [0.4, 0.5) is 39.5 Å². The Bertz CT molecular complexity index is 1360. The second-order valence-electron chi connectivity index (χ2n) is 7.88. The lowest BCUT2D eigenvalue weighted by atomic mass is 9.79. The average molecular weight is 536 g/mol. The van der Waals surface area contributed by atoms with Gasteiger partial charge in [-0.05, 0) is 55.3 Å². The average Bonchev–Trinajstić information content (AvgIpc) is 2.80. The summed E-state index contributed by atoms with van der Waals surface area (Å²) < 4.78 is 148. The van der Waals surface area contributed by atoms with E-state index in [1.54, 1.807) is 6.92 Å². The van der Waals surface area contributed by atoms with E-state index < -0.39 is 74.7 Å². The highest BCUT2D eigenvalue weighted by molar-refractivity contribution is 5.77. The van der Waals surface area contributed by atoms with Crippen LogP contribution in [0.25, 0.3) is 11.1 Å². The highest BCUT2D eigenvalue weighted by Gasteiger charge is 2.66. The van der Waals surface area contributed by atoms with Crippen LogP contribution in [0.5, 0.6) is 17.2 Å². The third-order valence-corrected chi connectivity index (χ3v) is 5.63. The molecule has 0 unspecified atom stereocenters. The van der Waals surface area contributed by atoms with Crippen molar-refractivity contribution in [3.8, 4) is 28.4 Å². The SMILES string of the molecule is CCOc1ccc(OC(F)(F)c2ccc3c(c2F)C(F)(F)C(F)(F)c2c-3ccc(OCC)c2F)c(F)c1. The van der Waals surface area contributed by atoms with Gasteiger partial charge in [0.05, 0.1) is 24.3 Å². The van der Waals surface area contributed by atoms with E-state index in [0.29, 0.717) is 18.2 Å². The third kappa shape index (κ3) is 4.11.